The molecule has 4 nitrogen and oxygen atoms in total. The Balaban J connectivity index is 2.27. The second-order valence-corrected chi connectivity index (χ2v) is 6.17. The smallest absolute Gasteiger partial charge is 0.243 e. The first-order valence-electron chi connectivity index (χ1n) is 5.88. The van der Waals surface area contributed by atoms with Gasteiger partial charge in [-0.2, -0.15) is 4.31 Å². The van der Waals surface area contributed by atoms with Gasteiger partial charge in [0.1, 0.15) is 0 Å². The van der Waals surface area contributed by atoms with Gasteiger partial charge in [-0.15, -0.1) is 0 Å². The lowest BCUT2D eigenvalue weighted by molar-refractivity contribution is 0.379. The van der Waals surface area contributed by atoms with E-state index in [4.69, 9.17) is 0 Å². The van der Waals surface area contributed by atoms with Gasteiger partial charge in [-0.1, -0.05) is 18.2 Å². The van der Waals surface area contributed by atoms with E-state index < -0.39 is 10.0 Å². The molecule has 5 heteroatoms. The molecule has 1 saturated heterocycles. The lowest BCUT2D eigenvalue weighted by Gasteiger charge is -2.23. The number of rotatable bonds is 4. The molecular weight excluding hydrogens is 236 g/mol. The van der Waals surface area contributed by atoms with Gasteiger partial charge < -0.3 is 5.32 Å². The van der Waals surface area contributed by atoms with E-state index in [9.17, 15) is 8.42 Å². The molecule has 0 saturated carbocycles. The first kappa shape index (κ1) is 12.5. The molecule has 17 heavy (non-hydrogen) atoms. The Morgan fingerprint density at radius 3 is 2.71 bits per heavy atom. The zero-order chi connectivity index (χ0) is 12.3. The summed E-state index contributed by atoms with van der Waals surface area (Å²) in [6.45, 7) is 1.34. The van der Waals surface area contributed by atoms with Crippen LogP contribution in [-0.2, 0) is 10.0 Å². The number of sulfonamides is 1. The topological polar surface area (TPSA) is 49.4 Å². The highest BCUT2D eigenvalue weighted by Gasteiger charge is 2.34. The Kier molecular flexibility index (Phi) is 3.81. The third kappa shape index (κ3) is 2.51. The molecule has 1 heterocycles. The van der Waals surface area contributed by atoms with Crippen LogP contribution in [0.25, 0.3) is 0 Å². The minimum absolute atomic E-state index is 0.0882. The SMILES string of the molecule is CNC[C@H]1CCCN1S(=O)(=O)c1ccccc1. The molecule has 1 aromatic carbocycles. The Labute approximate surface area is 103 Å². The minimum atomic E-state index is -3.32. The van der Waals surface area contributed by atoms with Gasteiger partial charge in [0, 0.05) is 19.1 Å². The zero-order valence-corrected chi connectivity index (χ0v) is 10.8. The second-order valence-electron chi connectivity index (χ2n) is 4.28. The fourth-order valence-electron chi connectivity index (χ4n) is 2.29. The van der Waals surface area contributed by atoms with Gasteiger partial charge in [-0.25, -0.2) is 8.42 Å². The summed E-state index contributed by atoms with van der Waals surface area (Å²) in [6.07, 6.45) is 1.88. The van der Waals surface area contributed by atoms with Crippen molar-refractivity contribution in [3.05, 3.63) is 30.3 Å². The van der Waals surface area contributed by atoms with Crippen molar-refractivity contribution in [1.82, 2.24) is 9.62 Å². The lowest BCUT2D eigenvalue weighted by atomic mass is 10.2. The highest BCUT2D eigenvalue weighted by Crippen LogP contribution is 2.25. The highest BCUT2D eigenvalue weighted by molar-refractivity contribution is 7.89. The van der Waals surface area contributed by atoms with Gasteiger partial charge in [-0.3, -0.25) is 0 Å². The molecular formula is C12H18N2O2S. The zero-order valence-electron chi connectivity index (χ0n) is 9.96. The predicted octanol–water partition coefficient (Wildman–Crippen LogP) is 1.06. The van der Waals surface area contributed by atoms with E-state index in [0.717, 1.165) is 12.8 Å². The molecule has 0 aliphatic carbocycles. The third-order valence-corrected chi connectivity index (χ3v) is 5.08. The number of nitrogens with zero attached hydrogens (tertiary/aromatic N) is 1. The minimum Gasteiger partial charge on any atom is -0.318 e. The fourth-order valence-corrected chi connectivity index (χ4v) is 4.01. The van der Waals surface area contributed by atoms with Crippen LogP contribution in [0.15, 0.2) is 35.2 Å². The van der Waals surface area contributed by atoms with Gasteiger partial charge in [0.2, 0.25) is 10.0 Å². The van der Waals surface area contributed by atoms with E-state index in [1.54, 1.807) is 28.6 Å². The number of benzene rings is 1. The molecule has 1 aromatic rings. The Morgan fingerprint density at radius 1 is 1.35 bits per heavy atom. The van der Waals surface area contributed by atoms with Crippen molar-refractivity contribution >= 4 is 10.0 Å². The van der Waals surface area contributed by atoms with E-state index in [-0.39, 0.29) is 6.04 Å². The molecule has 0 aromatic heterocycles. The molecule has 1 fully saturated rings. The number of likely N-dealkylation sites (N-methyl/N-ethyl adjacent to an activating group) is 1. The van der Waals surface area contributed by atoms with Crippen LogP contribution >= 0.6 is 0 Å². The summed E-state index contributed by atoms with van der Waals surface area (Å²) in [7, 11) is -1.46. The van der Waals surface area contributed by atoms with Crippen LogP contribution in [0.1, 0.15) is 12.8 Å². The van der Waals surface area contributed by atoms with E-state index >= 15 is 0 Å². The molecule has 0 bridgehead atoms. The fraction of sp³-hybridized carbons (Fsp3) is 0.500. The molecule has 0 spiro atoms. The van der Waals surface area contributed by atoms with Crippen molar-refractivity contribution in [1.29, 1.82) is 0 Å². The molecule has 1 N–H and O–H groups in total. The van der Waals surface area contributed by atoms with Crippen molar-refractivity contribution in [2.24, 2.45) is 0 Å². The number of hydrogen-bond donors (Lipinski definition) is 1. The van der Waals surface area contributed by atoms with Crippen molar-refractivity contribution < 1.29 is 8.42 Å². The summed E-state index contributed by atoms with van der Waals surface area (Å²) in [5.74, 6) is 0. The maximum atomic E-state index is 12.4. The summed E-state index contributed by atoms with van der Waals surface area (Å²) in [5, 5.41) is 3.06. The summed E-state index contributed by atoms with van der Waals surface area (Å²) < 4.78 is 26.5. The monoisotopic (exact) mass is 254 g/mol. The van der Waals surface area contributed by atoms with Gasteiger partial charge in [-0.05, 0) is 32.0 Å². The van der Waals surface area contributed by atoms with Crippen LogP contribution in [0.5, 0.6) is 0 Å². The summed E-state index contributed by atoms with van der Waals surface area (Å²) in [6, 6.07) is 8.75. The van der Waals surface area contributed by atoms with Crippen molar-refractivity contribution in [3.8, 4) is 0 Å². The predicted molar refractivity (Wildman–Crippen MR) is 67.3 cm³/mol. The molecule has 0 amide bonds. The summed E-state index contributed by atoms with van der Waals surface area (Å²) in [5.41, 5.74) is 0. The largest absolute Gasteiger partial charge is 0.318 e. The molecule has 94 valence electrons. The maximum absolute atomic E-state index is 12.4. The van der Waals surface area contributed by atoms with Crippen molar-refractivity contribution in [2.45, 2.75) is 23.8 Å². The number of hydrogen-bond acceptors (Lipinski definition) is 3. The molecule has 2 rings (SSSR count). The van der Waals surface area contributed by atoms with E-state index in [2.05, 4.69) is 5.32 Å². The molecule has 0 radical (unpaired) electrons. The third-order valence-electron chi connectivity index (χ3n) is 3.11. The van der Waals surface area contributed by atoms with Crippen LogP contribution in [-0.4, -0.2) is 38.9 Å². The molecule has 1 aliphatic rings. The Hall–Kier alpha value is -0.910. The van der Waals surface area contributed by atoms with Crippen molar-refractivity contribution in [2.75, 3.05) is 20.1 Å². The van der Waals surface area contributed by atoms with E-state index in [0.29, 0.717) is 18.0 Å². The average Bonchev–Trinajstić information content (AvgIpc) is 2.80. The molecule has 1 aliphatic heterocycles. The Morgan fingerprint density at radius 2 is 2.06 bits per heavy atom. The van der Waals surface area contributed by atoms with Crippen LogP contribution < -0.4 is 5.32 Å². The first-order chi connectivity index (χ1) is 8.16. The summed E-state index contributed by atoms with van der Waals surface area (Å²) >= 11 is 0. The van der Waals surface area contributed by atoms with Gasteiger partial charge >= 0.3 is 0 Å². The molecule has 1 atom stereocenters. The quantitative estimate of drug-likeness (QED) is 0.874. The Bertz CT molecular complexity index is 459. The normalized spacial score (nSPS) is 21.8. The van der Waals surface area contributed by atoms with Crippen molar-refractivity contribution in [3.63, 3.8) is 0 Å². The lowest BCUT2D eigenvalue weighted by Crippen LogP contribution is -2.40. The maximum Gasteiger partial charge on any atom is 0.243 e. The van der Waals surface area contributed by atoms with Crippen LogP contribution in [0.4, 0.5) is 0 Å². The van der Waals surface area contributed by atoms with Gasteiger partial charge in [0.15, 0.2) is 0 Å². The van der Waals surface area contributed by atoms with Gasteiger partial charge in [0.25, 0.3) is 0 Å². The standard InChI is InChI=1S/C12H18N2O2S/c1-13-10-11-6-5-9-14(11)17(15,16)12-7-3-2-4-8-12/h2-4,7-8,11,13H,5-6,9-10H2,1H3/t11-/m1/s1. The molecule has 0 unspecified atom stereocenters. The summed E-state index contributed by atoms with van der Waals surface area (Å²) in [4.78, 5) is 0.392. The highest BCUT2D eigenvalue weighted by atomic mass is 32.2. The van der Waals surface area contributed by atoms with Crippen LogP contribution in [0, 0.1) is 0 Å². The van der Waals surface area contributed by atoms with Crippen LogP contribution in [0.2, 0.25) is 0 Å². The van der Waals surface area contributed by atoms with E-state index in [1.807, 2.05) is 13.1 Å². The van der Waals surface area contributed by atoms with Crippen LogP contribution in [0.3, 0.4) is 0 Å². The average molecular weight is 254 g/mol. The van der Waals surface area contributed by atoms with Gasteiger partial charge in [0.05, 0.1) is 4.90 Å². The van der Waals surface area contributed by atoms with E-state index in [1.165, 1.54) is 0 Å². The first-order valence-corrected chi connectivity index (χ1v) is 7.32. The second kappa shape index (κ2) is 5.16. The number of nitrogens with one attached hydrogen (secondary N) is 1.